The molecule has 0 aliphatic heterocycles. The van der Waals surface area contributed by atoms with Crippen LogP contribution in [0.5, 0.6) is 11.5 Å². The Morgan fingerprint density at radius 1 is 1.33 bits per heavy atom. The fourth-order valence-electron chi connectivity index (χ4n) is 1.84. The number of allylic oxidation sites excluding steroid dienone is 1. The van der Waals surface area contributed by atoms with E-state index in [0.717, 1.165) is 5.56 Å². The van der Waals surface area contributed by atoms with E-state index in [2.05, 4.69) is 5.32 Å². The molecule has 0 aliphatic rings. The second-order valence-electron chi connectivity index (χ2n) is 4.34. The van der Waals surface area contributed by atoms with Crippen molar-refractivity contribution in [2.45, 2.75) is 13.3 Å². The van der Waals surface area contributed by atoms with E-state index in [9.17, 15) is 4.79 Å². The van der Waals surface area contributed by atoms with Crippen molar-refractivity contribution < 1.29 is 14.3 Å². The van der Waals surface area contributed by atoms with E-state index in [1.165, 1.54) is 0 Å². The van der Waals surface area contributed by atoms with Crippen molar-refractivity contribution in [2.24, 2.45) is 5.73 Å². The standard InChI is InChI=1S/C15H19N3O3/c1-10(12(9-16)15(17)19)18-7-6-11-4-5-13(20-2)14(8-11)21-3/h4-5,8,18H,6-7H2,1-3H3,(H2,17,19)/b12-10-. The second-order valence-corrected chi connectivity index (χ2v) is 4.34. The van der Waals surface area contributed by atoms with Gasteiger partial charge in [0.1, 0.15) is 11.6 Å². The third-order valence-corrected chi connectivity index (χ3v) is 2.98. The first-order chi connectivity index (χ1) is 10.0. The summed E-state index contributed by atoms with van der Waals surface area (Å²) < 4.78 is 10.4. The zero-order valence-corrected chi connectivity index (χ0v) is 12.4. The minimum absolute atomic E-state index is 0.0534. The molecular formula is C15H19N3O3. The first-order valence-corrected chi connectivity index (χ1v) is 6.39. The van der Waals surface area contributed by atoms with E-state index in [0.29, 0.717) is 30.2 Å². The molecule has 1 aromatic carbocycles. The highest BCUT2D eigenvalue weighted by atomic mass is 16.5. The maximum Gasteiger partial charge on any atom is 0.261 e. The topological polar surface area (TPSA) is 97.4 Å². The molecule has 0 aromatic heterocycles. The number of ether oxygens (including phenoxy) is 2. The first-order valence-electron chi connectivity index (χ1n) is 6.39. The molecule has 0 radical (unpaired) electrons. The van der Waals surface area contributed by atoms with Gasteiger partial charge in [0.25, 0.3) is 5.91 Å². The summed E-state index contributed by atoms with van der Waals surface area (Å²) in [4.78, 5) is 11.0. The monoisotopic (exact) mass is 289 g/mol. The molecule has 0 aliphatic carbocycles. The van der Waals surface area contributed by atoms with Gasteiger partial charge in [-0.15, -0.1) is 0 Å². The van der Waals surface area contributed by atoms with Crippen LogP contribution < -0.4 is 20.5 Å². The van der Waals surface area contributed by atoms with Gasteiger partial charge in [0.05, 0.1) is 14.2 Å². The lowest BCUT2D eigenvalue weighted by atomic mass is 10.1. The molecule has 3 N–H and O–H groups in total. The summed E-state index contributed by atoms with van der Waals surface area (Å²) in [6.07, 6.45) is 0.704. The number of nitrogens with one attached hydrogen (secondary N) is 1. The van der Waals surface area contributed by atoms with Gasteiger partial charge < -0.3 is 20.5 Å². The molecule has 6 heteroatoms. The summed E-state index contributed by atoms with van der Waals surface area (Å²) in [6.45, 7) is 2.22. The molecule has 1 amide bonds. The van der Waals surface area contributed by atoms with Crippen LogP contribution in [0, 0.1) is 11.3 Å². The summed E-state index contributed by atoms with van der Waals surface area (Å²) in [5.41, 5.74) is 6.58. The van der Waals surface area contributed by atoms with E-state index < -0.39 is 5.91 Å². The molecular weight excluding hydrogens is 270 g/mol. The smallest absolute Gasteiger partial charge is 0.261 e. The SMILES string of the molecule is COc1ccc(CCN/C(C)=C(/C#N)C(N)=O)cc1OC. The van der Waals surface area contributed by atoms with Gasteiger partial charge >= 0.3 is 0 Å². The average molecular weight is 289 g/mol. The summed E-state index contributed by atoms with van der Waals surface area (Å²) in [7, 11) is 3.17. The largest absolute Gasteiger partial charge is 0.493 e. The van der Waals surface area contributed by atoms with Gasteiger partial charge in [-0.25, -0.2) is 0 Å². The average Bonchev–Trinajstić information content (AvgIpc) is 2.47. The van der Waals surface area contributed by atoms with E-state index in [1.54, 1.807) is 27.2 Å². The fourth-order valence-corrected chi connectivity index (χ4v) is 1.84. The molecule has 21 heavy (non-hydrogen) atoms. The highest BCUT2D eigenvalue weighted by molar-refractivity contribution is 5.96. The highest BCUT2D eigenvalue weighted by Crippen LogP contribution is 2.27. The minimum atomic E-state index is -0.728. The lowest BCUT2D eigenvalue weighted by Gasteiger charge is -2.11. The van der Waals surface area contributed by atoms with Gasteiger partial charge in [0.15, 0.2) is 11.5 Å². The number of primary amides is 1. The molecule has 0 saturated carbocycles. The van der Waals surface area contributed by atoms with Gasteiger partial charge in [-0.05, 0) is 31.0 Å². The molecule has 0 heterocycles. The Morgan fingerprint density at radius 2 is 2.00 bits per heavy atom. The van der Waals surface area contributed by atoms with Crippen molar-refractivity contribution in [1.29, 1.82) is 5.26 Å². The Kier molecular flexibility index (Phi) is 6.08. The van der Waals surface area contributed by atoms with E-state index >= 15 is 0 Å². The summed E-state index contributed by atoms with van der Waals surface area (Å²) in [6, 6.07) is 7.44. The van der Waals surface area contributed by atoms with E-state index in [-0.39, 0.29) is 5.57 Å². The highest BCUT2D eigenvalue weighted by Gasteiger charge is 2.08. The fraction of sp³-hybridized carbons (Fsp3) is 0.333. The number of carbonyl (C=O) groups is 1. The van der Waals surface area contributed by atoms with Gasteiger partial charge in [0.2, 0.25) is 0 Å². The zero-order chi connectivity index (χ0) is 15.8. The third-order valence-electron chi connectivity index (χ3n) is 2.98. The number of nitriles is 1. The summed E-state index contributed by atoms with van der Waals surface area (Å²) >= 11 is 0. The van der Waals surface area contributed by atoms with Crippen molar-refractivity contribution >= 4 is 5.91 Å². The van der Waals surface area contributed by atoms with Gasteiger partial charge in [0, 0.05) is 12.2 Å². The Morgan fingerprint density at radius 3 is 2.52 bits per heavy atom. The number of hydrogen-bond acceptors (Lipinski definition) is 5. The Labute approximate surface area is 124 Å². The molecule has 0 bridgehead atoms. The first kappa shape index (κ1) is 16.4. The normalized spacial score (nSPS) is 11.1. The number of hydrogen-bond donors (Lipinski definition) is 2. The Hall–Kier alpha value is -2.68. The minimum Gasteiger partial charge on any atom is -0.493 e. The number of benzene rings is 1. The summed E-state index contributed by atoms with van der Waals surface area (Å²) in [5, 5.41) is 11.8. The predicted molar refractivity (Wildman–Crippen MR) is 78.8 cm³/mol. The van der Waals surface area contributed by atoms with E-state index in [1.807, 2.05) is 18.2 Å². The number of nitrogens with two attached hydrogens (primary N) is 1. The lowest BCUT2D eigenvalue weighted by Crippen LogP contribution is -2.22. The van der Waals surface area contributed by atoms with Crippen LogP contribution in [-0.2, 0) is 11.2 Å². The van der Waals surface area contributed by atoms with Gasteiger partial charge in [-0.2, -0.15) is 5.26 Å². The molecule has 0 saturated heterocycles. The predicted octanol–water partition coefficient (Wildman–Crippen LogP) is 1.12. The van der Waals surface area contributed by atoms with Crippen LogP contribution in [0.4, 0.5) is 0 Å². The molecule has 6 nitrogen and oxygen atoms in total. The Balaban J connectivity index is 2.69. The van der Waals surface area contributed by atoms with Crippen LogP contribution in [0.15, 0.2) is 29.5 Å². The number of carbonyl (C=O) groups excluding carboxylic acids is 1. The van der Waals surface area contributed by atoms with Crippen LogP contribution >= 0.6 is 0 Å². The van der Waals surface area contributed by atoms with Crippen molar-refractivity contribution in [1.82, 2.24) is 5.32 Å². The number of methoxy groups -OCH3 is 2. The number of nitrogens with zero attached hydrogens (tertiary/aromatic N) is 1. The van der Waals surface area contributed by atoms with Crippen LogP contribution in [0.2, 0.25) is 0 Å². The molecule has 1 rings (SSSR count). The van der Waals surface area contributed by atoms with E-state index in [4.69, 9.17) is 20.5 Å². The molecule has 0 atom stereocenters. The second kappa shape index (κ2) is 7.80. The maximum atomic E-state index is 11.0. The third kappa shape index (κ3) is 4.42. The Bertz CT molecular complexity index is 588. The lowest BCUT2D eigenvalue weighted by molar-refractivity contribution is -0.114. The molecule has 0 spiro atoms. The summed E-state index contributed by atoms with van der Waals surface area (Å²) in [5.74, 6) is 0.608. The zero-order valence-electron chi connectivity index (χ0n) is 12.4. The maximum absolute atomic E-state index is 11.0. The van der Waals surface area contributed by atoms with Gasteiger partial charge in [-0.1, -0.05) is 6.07 Å². The van der Waals surface area contributed by atoms with Crippen LogP contribution in [0.25, 0.3) is 0 Å². The number of rotatable bonds is 7. The quantitative estimate of drug-likeness (QED) is 0.579. The molecule has 112 valence electrons. The molecule has 0 fully saturated rings. The van der Waals surface area contributed by atoms with Gasteiger partial charge in [-0.3, -0.25) is 4.79 Å². The van der Waals surface area contributed by atoms with Crippen molar-refractivity contribution in [3.63, 3.8) is 0 Å². The van der Waals surface area contributed by atoms with Crippen molar-refractivity contribution in [2.75, 3.05) is 20.8 Å². The number of amides is 1. The molecule has 0 unspecified atom stereocenters. The molecule has 1 aromatic rings. The van der Waals surface area contributed by atoms with Crippen LogP contribution in [0.3, 0.4) is 0 Å². The van der Waals surface area contributed by atoms with Crippen molar-refractivity contribution in [3.05, 3.63) is 35.0 Å². The van der Waals surface area contributed by atoms with Crippen molar-refractivity contribution in [3.8, 4) is 17.6 Å². The van der Waals surface area contributed by atoms with Crippen LogP contribution in [0.1, 0.15) is 12.5 Å². The van der Waals surface area contributed by atoms with Crippen LogP contribution in [-0.4, -0.2) is 26.7 Å².